The Morgan fingerprint density at radius 3 is 2.72 bits per heavy atom. The molecule has 98 valence electrons. The maximum atomic E-state index is 8.99. The molecule has 0 amide bonds. The van der Waals surface area contributed by atoms with Crippen LogP contribution in [0.25, 0.3) is 0 Å². The third-order valence-corrected chi connectivity index (χ3v) is 4.23. The van der Waals surface area contributed by atoms with E-state index in [0.29, 0.717) is 0 Å². The molecule has 1 aromatic rings. The van der Waals surface area contributed by atoms with Crippen LogP contribution in [-0.4, -0.2) is 11.1 Å². The van der Waals surface area contributed by atoms with E-state index >= 15 is 0 Å². The van der Waals surface area contributed by atoms with Gasteiger partial charge in [0, 0.05) is 19.3 Å². The second-order valence-electron chi connectivity index (χ2n) is 5.45. The van der Waals surface area contributed by atoms with Crippen molar-refractivity contribution in [3.63, 3.8) is 0 Å². The van der Waals surface area contributed by atoms with Crippen LogP contribution >= 0.6 is 0 Å². The minimum absolute atomic E-state index is 0.752. The molecule has 1 saturated carbocycles. The van der Waals surface area contributed by atoms with Gasteiger partial charge < -0.3 is 9.88 Å². The van der Waals surface area contributed by atoms with Crippen LogP contribution in [0, 0.1) is 24.2 Å². The van der Waals surface area contributed by atoms with Crippen molar-refractivity contribution in [2.24, 2.45) is 13.0 Å². The SMILES string of the molecule is Cc1c(CNCC2CCCCC2)cc(C#N)n1C. The fourth-order valence-corrected chi connectivity index (χ4v) is 2.85. The molecule has 1 aliphatic carbocycles. The van der Waals surface area contributed by atoms with Gasteiger partial charge in [0.25, 0.3) is 0 Å². The van der Waals surface area contributed by atoms with Crippen molar-refractivity contribution in [3.05, 3.63) is 23.0 Å². The fourth-order valence-electron chi connectivity index (χ4n) is 2.85. The fraction of sp³-hybridized carbons (Fsp3) is 0.667. The highest BCUT2D eigenvalue weighted by molar-refractivity contribution is 5.33. The average Bonchev–Trinajstić information content (AvgIpc) is 2.68. The third-order valence-electron chi connectivity index (χ3n) is 4.23. The smallest absolute Gasteiger partial charge is 0.120 e. The topological polar surface area (TPSA) is 40.8 Å². The van der Waals surface area contributed by atoms with Crippen molar-refractivity contribution in [2.45, 2.75) is 45.6 Å². The normalized spacial score (nSPS) is 16.7. The quantitative estimate of drug-likeness (QED) is 0.886. The molecule has 1 N–H and O–H groups in total. The Morgan fingerprint density at radius 2 is 2.11 bits per heavy atom. The van der Waals surface area contributed by atoms with Crippen molar-refractivity contribution < 1.29 is 0 Å². The van der Waals surface area contributed by atoms with E-state index in [1.165, 1.54) is 43.4 Å². The summed E-state index contributed by atoms with van der Waals surface area (Å²) in [6, 6.07) is 4.23. The van der Waals surface area contributed by atoms with E-state index in [-0.39, 0.29) is 0 Å². The molecule has 0 unspecified atom stereocenters. The van der Waals surface area contributed by atoms with Gasteiger partial charge in [0.1, 0.15) is 11.8 Å². The monoisotopic (exact) mass is 245 g/mol. The highest BCUT2D eigenvalue weighted by Crippen LogP contribution is 2.23. The summed E-state index contributed by atoms with van der Waals surface area (Å²) in [6.07, 6.45) is 6.97. The first-order valence-electron chi connectivity index (χ1n) is 6.98. The van der Waals surface area contributed by atoms with E-state index in [1.807, 2.05) is 17.7 Å². The van der Waals surface area contributed by atoms with Gasteiger partial charge in [0.05, 0.1) is 0 Å². The lowest BCUT2D eigenvalue weighted by atomic mass is 9.89. The third kappa shape index (κ3) is 2.94. The Morgan fingerprint density at radius 1 is 1.39 bits per heavy atom. The number of hydrogen-bond acceptors (Lipinski definition) is 2. The van der Waals surface area contributed by atoms with E-state index in [2.05, 4.69) is 18.3 Å². The van der Waals surface area contributed by atoms with Gasteiger partial charge in [-0.2, -0.15) is 5.26 Å². The van der Waals surface area contributed by atoms with Crippen molar-refractivity contribution in [2.75, 3.05) is 6.54 Å². The summed E-state index contributed by atoms with van der Waals surface area (Å²) in [6.45, 7) is 4.09. The van der Waals surface area contributed by atoms with Gasteiger partial charge in [0.15, 0.2) is 0 Å². The summed E-state index contributed by atoms with van der Waals surface area (Å²) in [4.78, 5) is 0. The van der Waals surface area contributed by atoms with Gasteiger partial charge in [-0.3, -0.25) is 0 Å². The molecular formula is C15H23N3. The predicted molar refractivity (Wildman–Crippen MR) is 73.1 cm³/mol. The van der Waals surface area contributed by atoms with Crippen LogP contribution < -0.4 is 5.32 Å². The van der Waals surface area contributed by atoms with Crippen molar-refractivity contribution in [1.82, 2.24) is 9.88 Å². The van der Waals surface area contributed by atoms with Gasteiger partial charge in [-0.15, -0.1) is 0 Å². The van der Waals surface area contributed by atoms with Crippen LogP contribution in [0.2, 0.25) is 0 Å². The first-order chi connectivity index (χ1) is 8.72. The Balaban J connectivity index is 1.85. The molecule has 0 radical (unpaired) electrons. The van der Waals surface area contributed by atoms with Crippen LogP contribution in [-0.2, 0) is 13.6 Å². The molecule has 0 spiro atoms. The zero-order valence-corrected chi connectivity index (χ0v) is 11.5. The highest BCUT2D eigenvalue weighted by Gasteiger charge is 2.13. The Kier molecular flexibility index (Phi) is 4.43. The first-order valence-corrected chi connectivity index (χ1v) is 6.98. The molecule has 0 aliphatic heterocycles. The molecule has 2 rings (SSSR count). The molecule has 0 saturated heterocycles. The van der Waals surface area contributed by atoms with E-state index < -0.39 is 0 Å². The lowest BCUT2D eigenvalue weighted by Gasteiger charge is -2.21. The number of aromatic nitrogens is 1. The Bertz CT molecular complexity index is 433. The summed E-state index contributed by atoms with van der Waals surface area (Å²) in [5.74, 6) is 0.859. The molecule has 3 heteroatoms. The van der Waals surface area contributed by atoms with Crippen LogP contribution in [0.3, 0.4) is 0 Å². The molecule has 1 aliphatic rings. The van der Waals surface area contributed by atoms with E-state index in [0.717, 1.165) is 24.7 Å². The maximum absolute atomic E-state index is 8.99. The summed E-state index contributed by atoms with van der Waals surface area (Å²) in [5.41, 5.74) is 3.20. The van der Waals surface area contributed by atoms with Crippen LogP contribution in [0.1, 0.15) is 49.1 Å². The van der Waals surface area contributed by atoms with Gasteiger partial charge in [-0.1, -0.05) is 19.3 Å². The predicted octanol–water partition coefficient (Wildman–Crippen LogP) is 2.88. The van der Waals surface area contributed by atoms with E-state index in [9.17, 15) is 0 Å². The van der Waals surface area contributed by atoms with Gasteiger partial charge in [0.2, 0.25) is 0 Å². The highest BCUT2D eigenvalue weighted by atomic mass is 15.0. The second-order valence-corrected chi connectivity index (χ2v) is 5.45. The molecular weight excluding hydrogens is 222 g/mol. The number of nitriles is 1. The van der Waals surface area contributed by atoms with Crippen molar-refractivity contribution in [1.29, 1.82) is 5.26 Å². The molecule has 1 aromatic heterocycles. The van der Waals surface area contributed by atoms with Gasteiger partial charge in [-0.25, -0.2) is 0 Å². The summed E-state index contributed by atoms with van der Waals surface area (Å²) in [5, 5.41) is 12.5. The second kappa shape index (κ2) is 6.06. The summed E-state index contributed by atoms with van der Waals surface area (Å²) in [7, 11) is 1.96. The lowest BCUT2D eigenvalue weighted by Crippen LogP contribution is -2.24. The van der Waals surface area contributed by atoms with Crippen LogP contribution in [0.15, 0.2) is 6.07 Å². The first kappa shape index (κ1) is 13.2. The summed E-state index contributed by atoms with van der Waals surface area (Å²) < 4.78 is 1.97. The van der Waals surface area contributed by atoms with Crippen LogP contribution in [0.4, 0.5) is 0 Å². The zero-order valence-electron chi connectivity index (χ0n) is 11.5. The van der Waals surface area contributed by atoms with E-state index in [4.69, 9.17) is 5.26 Å². The molecule has 3 nitrogen and oxygen atoms in total. The Labute approximate surface area is 110 Å². The van der Waals surface area contributed by atoms with Crippen molar-refractivity contribution in [3.8, 4) is 6.07 Å². The maximum Gasteiger partial charge on any atom is 0.120 e. The van der Waals surface area contributed by atoms with Gasteiger partial charge in [-0.05, 0) is 43.9 Å². The lowest BCUT2D eigenvalue weighted by molar-refractivity contribution is 0.342. The average molecular weight is 245 g/mol. The minimum Gasteiger partial charge on any atom is -0.340 e. The molecule has 18 heavy (non-hydrogen) atoms. The minimum atomic E-state index is 0.752. The zero-order chi connectivity index (χ0) is 13.0. The number of nitrogens with one attached hydrogen (secondary N) is 1. The molecule has 1 fully saturated rings. The van der Waals surface area contributed by atoms with E-state index in [1.54, 1.807) is 0 Å². The number of nitrogens with zero attached hydrogens (tertiary/aromatic N) is 2. The molecule has 0 bridgehead atoms. The largest absolute Gasteiger partial charge is 0.340 e. The Hall–Kier alpha value is -1.27. The molecule has 1 heterocycles. The van der Waals surface area contributed by atoms with Crippen LogP contribution in [0.5, 0.6) is 0 Å². The summed E-state index contributed by atoms with van der Waals surface area (Å²) >= 11 is 0. The van der Waals surface area contributed by atoms with Gasteiger partial charge >= 0.3 is 0 Å². The number of rotatable bonds is 4. The number of hydrogen-bond donors (Lipinski definition) is 1. The molecule has 0 aromatic carbocycles. The molecule has 0 atom stereocenters. The standard InChI is InChI=1S/C15H23N3/c1-12-14(8-15(9-16)18(12)2)11-17-10-13-6-4-3-5-7-13/h8,13,17H,3-7,10-11H2,1-2H3. The van der Waals surface area contributed by atoms with Crippen molar-refractivity contribution >= 4 is 0 Å².